The summed E-state index contributed by atoms with van der Waals surface area (Å²) in [6.45, 7) is 2.17. The van der Waals surface area contributed by atoms with E-state index >= 15 is 0 Å². The van der Waals surface area contributed by atoms with Crippen LogP contribution in [0.15, 0.2) is 45.5 Å². The Hall–Kier alpha value is -2.28. The fraction of sp³-hybridized carbons (Fsp3) is 0.200. The lowest BCUT2D eigenvalue weighted by Gasteiger charge is -2.10. The fourth-order valence-electron chi connectivity index (χ4n) is 1.80. The quantitative estimate of drug-likeness (QED) is 0.760. The van der Waals surface area contributed by atoms with Crippen molar-refractivity contribution in [1.29, 1.82) is 0 Å². The molecule has 1 aromatic carbocycles. The summed E-state index contributed by atoms with van der Waals surface area (Å²) in [5, 5.41) is 7.76. The van der Waals surface area contributed by atoms with Gasteiger partial charge in [0.15, 0.2) is 0 Å². The van der Waals surface area contributed by atoms with E-state index in [1.54, 1.807) is 12.1 Å². The lowest BCUT2D eigenvalue weighted by molar-refractivity contribution is -0.118. The summed E-state index contributed by atoms with van der Waals surface area (Å²) >= 11 is 3.37. The van der Waals surface area contributed by atoms with Crippen molar-refractivity contribution in [2.24, 2.45) is 0 Å². The van der Waals surface area contributed by atoms with Crippen molar-refractivity contribution in [2.45, 2.75) is 13.5 Å². The summed E-state index contributed by atoms with van der Waals surface area (Å²) in [6.07, 6.45) is 1.52. The monoisotopic (exact) mass is 365 g/mol. The highest BCUT2D eigenvalue weighted by Gasteiger charge is 2.08. The average Bonchev–Trinajstić information content (AvgIpc) is 2.97. The highest BCUT2D eigenvalue weighted by atomic mass is 79.9. The summed E-state index contributed by atoms with van der Waals surface area (Å²) in [5.41, 5.74) is 1.85. The van der Waals surface area contributed by atoms with E-state index in [9.17, 15) is 9.59 Å². The second kappa shape index (κ2) is 7.65. The molecule has 3 N–H and O–H groups in total. The molecule has 3 amide bonds. The Morgan fingerprint density at radius 2 is 2.09 bits per heavy atom. The highest BCUT2D eigenvalue weighted by Crippen LogP contribution is 2.19. The molecule has 1 heterocycles. The SMILES string of the molecule is Cc1cc(Br)ccc1NCC(=O)NC(=O)NCc1ccco1. The van der Waals surface area contributed by atoms with Crippen molar-refractivity contribution in [3.05, 3.63) is 52.4 Å². The molecule has 0 aliphatic carbocycles. The highest BCUT2D eigenvalue weighted by molar-refractivity contribution is 9.10. The molecule has 0 spiro atoms. The van der Waals surface area contributed by atoms with Crippen molar-refractivity contribution in [3.63, 3.8) is 0 Å². The lowest BCUT2D eigenvalue weighted by Crippen LogP contribution is -2.41. The first-order chi connectivity index (χ1) is 10.5. The standard InChI is InChI=1S/C15H16BrN3O3/c1-10-7-11(16)4-5-13(10)17-9-14(20)19-15(21)18-8-12-3-2-6-22-12/h2-7,17H,8-9H2,1H3,(H2,18,19,20,21). The number of urea groups is 1. The van der Waals surface area contributed by atoms with Gasteiger partial charge in [0.2, 0.25) is 5.91 Å². The van der Waals surface area contributed by atoms with Crippen LogP contribution in [0.25, 0.3) is 0 Å². The summed E-state index contributed by atoms with van der Waals surface area (Å²) in [5.74, 6) is 0.200. The normalized spacial score (nSPS) is 10.1. The zero-order valence-corrected chi connectivity index (χ0v) is 13.6. The number of carbonyl (C=O) groups excluding carboxylic acids is 2. The second-order valence-electron chi connectivity index (χ2n) is 4.62. The molecule has 2 aromatic rings. The van der Waals surface area contributed by atoms with E-state index < -0.39 is 11.9 Å². The minimum atomic E-state index is -0.560. The molecule has 7 heteroatoms. The summed E-state index contributed by atoms with van der Waals surface area (Å²) in [4.78, 5) is 23.3. The van der Waals surface area contributed by atoms with E-state index in [-0.39, 0.29) is 13.1 Å². The van der Waals surface area contributed by atoms with Gasteiger partial charge in [-0.15, -0.1) is 0 Å². The zero-order chi connectivity index (χ0) is 15.9. The van der Waals surface area contributed by atoms with Crippen LogP contribution in [0.1, 0.15) is 11.3 Å². The number of carbonyl (C=O) groups is 2. The Kier molecular flexibility index (Phi) is 5.60. The third kappa shape index (κ3) is 4.92. The van der Waals surface area contributed by atoms with E-state index in [4.69, 9.17) is 4.42 Å². The van der Waals surface area contributed by atoms with E-state index in [1.807, 2.05) is 25.1 Å². The molecule has 0 fully saturated rings. The maximum atomic E-state index is 11.7. The number of anilines is 1. The van der Waals surface area contributed by atoms with Gasteiger partial charge in [-0.1, -0.05) is 15.9 Å². The molecule has 0 aliphatic heterocycles. The number of rotatable bonds is 5. The molecular formula is C15H16BrN3O3. The number of hydrogen-bond donors (Lipinski definition) is 3. The predicted octanol–water partition coefficient (Wildman–Crippen LogP) is 2.79. The van der Waals surface area contributed by atoms with E-state index in [0.29, 0.717) is 5.76 Å². The second-order valence-corrected chi connectivity index (χ2v) is 5.54. The van der Waals surface area contributed by atoms with Gasteiger partial charge in [0.1, 0.15) is 5.76 Å². The first-order valence-corrected chi connectivity index (χ1v) is 7.44. The molecule has 22 heavy (non-hydrogen) atoms. The fourth-order valence-corrected chi connectivity index (χ4v) is 2.27. The van der Waals surface area contributed by atoms with E-state index in [1.165, 1.54) is 6.26 Å². The van der Waals surface area contributed by atoms with Gasteiger partial charge in [-0.25, -0.2) is 4.79 Å². The Bertz CT molecular complexity index is 656. The van der Waals surface area contributed by atoms with Crippen molar-refractivity contribution < 1.29 is 14.0 Å². The number of halogens is 1. The van der Waals surface area contributed by atoms with Crippen molar-refractivity contribution in [3.8, 4) is 0 Å². The van der Waals surface area contributed by atoms with Gasteiger partial charge >= 0.3 is 6.03 Å². The lowest BCUT2D eigenvalue weighted by atomic mass is 10.2. The van der Waals surface area contributed by atoms with Gasteiger partial charge in [-0.3, -0.25) is 10.1 Å². The van der Waals surface area contributed by atoms with Gasteiger partial charge in [0.25, 0.3) is 0 Å². The Morgan fingerprint density at radius 1 is 1.27 bits per heavy atom. The molecule has 0 atom stereocenters. The van der Waals surface area contributed by atoms with Gasteiger partial charge in [-0.2, -0.15) is 0 Å². The minimum Gasteiger partial charge on any atom is -0.467 e. The minimum absolute atomic E-state index is 0.0106. The Morgan fingerprint density at radius 3 is 2.77 bits per heavy atom. The third-order valence-corrected chi connectivity index (χ3v) is 3.38. The largest absolute Gasteiger partial charge is 0.467 e. The molecule has 116 valence electrons. The smallest absolute Gasteiger partial charge is 0.321 e. The molecule has 0 unspecified atom stereocenters. The van der Waals surface area contributed by atoms with Gasteiger partial charge in [0, 0.05) is 10.2 Å². The maximum absolute atomic E-state index is 11.7. The number of aryl methyl sites for hydroxylation is 1. The van der Waals surface area contributed by atoms with Crippen LogP contribution in [-0.2, 0) is 11.3 Å². The van der Waals surface area contributed by atoms with Gasteiger partial charge < -0.3 is 15.1 Å². The third-order valence-electron chi connectivity index (χ3n) is 2.88. The molecule has 0 radical (unpaired) electrons. The summed E-state index contributed by atoms with van der Waals surface area (Å²) in [7, 11) is 0. The number of hydrogen-bond acceptors (Lipinski definition) is 4. The van der Waals surface area contributed by atoms with Crippen LogP contribution < -0.4 is 16.0 Å². The molecule has 2 rings (SSSR count). The first kappa shape index (κ1) is 16.1. The Balaban J connectivity index is 1.74. The molecule has 0 bridgehead atoms. The number of benzene rings is 1. The van der Waals surface area contributed by atoms with E-state index in [2.05, 4.69) is 31.9 Å². The van der Waals surface area contributed by atoms with Crippen molar-refractivity contribution >= 4 is 33.6 Å². The Labute approximate surface area is 136 Å². The maximum Gasteiger partial charge on any atom is 0.321 e. The molecule has 0 saturated carbocycles. The van der Waals surface area contributed by atoms with Crippen LogP contribution >= 0.6 is 15.9 Å². The predicted molar refractivity (Wildman–Crippen MR) is 86.5 cm³/mol. The summed E-state index contributed by atoms with van der Waals surface area (Å²) in [6, 6.07) is 8.59. The number of furan rings is 1. The summed E-state index contributed by atoms with van der Waals surface area (Å²) < 4.78 is 6.04. The molecule has 0 saturated heterocycles. The van der Waals surface area contributed by atoms with Gasteiger partial charge in [-0.05, 0) is 42.8 Å². The topological polar surface area (TPSA) is 83.4 Å². The number of amides is 3. The van der Waals surface area contributed by atoms with E-state index in [0.717, 1.165) is 15.7 Å². The van der Waals surface area contributed by atoms with Crippen molar-refractivity contribution in [1.82, 2.24) is 10.6 Å². The zero-order valence-electron chi connectivity index (χ0n) is 12.0. The average molecular weight is 366 g/mol. The first-order valence-electron chi connectivity index (χ1n) is 6.64. The number of nitrogens with one attached hydrogen (secondary N) is 3. The van der Waals surface area contributed by atoms with Crippen LogP contribution in [0.2, 0.25) is 0 Å². The number of imide groups is 1. The molecule has 6 nitrogen and oxygen atoms in total. The van der Waals surface area contributed by atoms with Crippen molar-refractivity contribution in [2.75, 3.05) is 11.9 Å². The van der Waals surface area contributed by atoms with Gasteiger partial charge in [0.05, 0.1) is 19.4 Å². The van der Waals surface area contributed by atoms with Crippen LogP contribution in [0.3, 0.4) is 0 Å². The van der Waals surface area contributed by atoms with Crippen LogP contribution in [0.5, 0.6) is 0 Å². The molecular weight excluding hydrogens is 350 g/mol. The van der Waals surface area contributed by atoms with Crippen LogP contribution in [-0.4, -0.2) is 18.5 Å². The van der Waals surface area contributed by atoms with Crippen LogP contribution in [0.4, 0.5) is 10.5 Å². The molecule has 0 aliphatic rings. The molecule has 1 aromatic heterocycles. The van der Waals surface area contributed by atoms with Crippen LogP contribution in [0, 0.1) is 6.92 Å².